The summed E-state index contributed by atoms with van der Waals surface area (Å²) in [6, 6.07) is 11.0. The molecule has 106 valence electrons. The van der Waals surface area contributed by atoms with Crippen molar-refractivity contribution in [3.8, 4) is 0 Å². The lowest BCUT2D eigenvalue weighted by Gasteiger charge is -2.25. The van der Waals surface area contributed by atoms with Gasteiger partial charge in [-0.1, -0.05) is 36.4 Å². The molecular formula is C14H23NO3Si. The van der Waals surface area contributed by atoms with E-state index in [1.54, 1.807) is 20.3 Å². The first-order chi connectivity index (χ1) is 9.26. The average Bonchev–Trinajstić information content (AvgIpc) is 2.48. The maximum absolute atomic E-state index is 5.67. The fourth-order valence-corrected chi connectivity index (χ4v) is 3.54. The molecule has 0 bridgehead atoms. The van der Waals surface area contributed by atoms with Crippen LogP contribution in [-0.4, -0.2) is 36.2 Å². The van der Waals surface area contributed by atoms with Gasteiger partial charge in [0.1, 0.15) is 0 Å². The monoisotopic (exact) mass is 281 g/mol. The van der Waals surface area contributed by atoms with Crippen LogP contribution in [-0.2, 0) is 19.8 Å². The Balaban J connectivity index is 2.33. The Hall–Kier alpha value is -0.983. The van der Waals surface area contributed by atoms with Crippen LogP contribution >= 0.6 is 0 Å². The molecule has 0 aliphatic carbocycles. The largest absolute Gasteiger partial charge is 0.501 e. The van der Waals surface area contributed by atoms with Crippen molar-refractivity contribution in [2.75, 3.05) is 27.4 Å². The van der Waals surface area contributed by atoms with Gasteiger partial charge in [0.05, 0.1) is 6.61 Å². The number of rotatable bonds is 10. The van der Waals surface area contributed by atoms with E-state index in [0.29, 0.717) is 6.61 Å². The second-order valence-electron chi connectivity index (χ2n) is 4.10. The van der Waals surface area contributed by atoms with Crippen molar-refractivity contribution >= 4 is 8.80 Å². The van der Waals surface area contributed by atoms with Crippen molar-refractivity contribution in [2.45, 2.75) is 12.6 Å². The van der Waals surface area contributed by atoms with Gasteiger partial charge in [-0.3, -0.25) is 0 Å². The van der Waals surface area contributed by atoms with Crippen LogP contribution in [0.2, 0.25) is 6.04 Å². The van der Waals surface area contributed by atoms with E-state index >= 15 is 0 Å². The Kier molecular flexibility index (Phi) is 7.62. The smallest absolute Gasteiger partial charge is 0.377 e. The molecule has 1 rings (SSSR count). The van der Waals surface area contributed by atoms with Crippen LogP contribution < -0.4 is 5.32 Å². The first-order valence-corrected chi connectivity index (χ1v) is 8.29. The van der Waals surface area contributed by atoms with Crippen molar-refractivity contribution in [3.05, 3.63) is 48.6 Å². The van der Waals surface area contributed by atoms with Gasteiger partial charge in [-0.25, -0.2) is 0 Å². The van der Waals surface area contributed by atoms with Crippen LogP contribution in [0.5, 0.6) is 0 Å². The fourth-order valence-electron chi connectivity index (χ4n) is 1.73. The third-order valence-corrected chi connectivity index (χ3v) is 5.54. The summed E-state index contributed by atoms with van der Waals surface area (Å²) in [5.74, 6) is 0. The molecule has 1 N–H and O–H groups in total. The number of benzene rings is 1. The van der Waals surface area contributed by atoms with Gasteiger partial charge in [-0.15, -0.1) is 6.58 Å². The molecule has 19 heavy (non-hydrogen) atoms. The van der Waals surface area contributed by atoms with Gasteiger partial charge in [0.2, 0.25) is 0 Å². The molecule has 0 atom stereocenters. The first-order valence-electron chi connectivity index (χ1n) is 6.36. The van der Waals surface area contributed by atoms with E-state index in [0.717, 1.165) is 19.1 Å². The van der Waals surface area contributed by atoms with Crippen LogP contribution in [0, 0.1) is 0 Å². The molecule has 0 aliphatic rings. The van der Waals surface area contributed by atoms with Gasteiger partial charge in [-0.2, -0.15) is 0 Å². The zero-order chi connectivity index (χ0) is 14.0. The van der Waals surface area contributed by atoms with E-state index in [1.807, 2.05) is 18.2 Å². The van der Waals surface area contributed by atoms with Crippen molar-refractivity contribution in [3.63, 3.8) is 0 Å². The van der Waals surface area contributed by atoms with Crippen LogP contribution in [0.15, 0.2) is 43.0 Å². The first kappa shape index (κ1) is 16.1. The van der Waals surface area contributed by atoms with E-state index in [9.17, 15) is 0 Å². The molecule has 1 aromatic carbocycles. The lowest BCUT2D eigenvalue weighted by molar-refractivity contribution is 0.110. The average molecular weight is 281 g/mol. The summed E-state index contributed by atoms with van der Waals surface area (Å²) in [5, 5.41) is 3.37. The van der Waals surface area contributed by atoms with Gasteiger partial charge in [0, 0.05) is 26.8 Å². The van der Waals surface area contributed by atoms with E-state index in [4.69, 9.17) is 13.3 Å². The van der Waals surface area contributed by atoms with Gasteiger partial charge in [0.15, 0.2) is 0 Å². The van der Waals surface area contributed by atoms with Crippen LogP contribution in [0.4, 0.5) is 0 Å². The summed E-state index contributed by atoms with van der Waals surface area (Å²) in [6.45, 7) is 5.72. The lowest BCUT2D eigenvalue weighted by atomic mass is 10.2. The molecule has 0 unspecified atom stereocenters. The molecule has 0 saturated carbocycles. The maximum Gasteiger partial charge on any atom is 0.501 e. The highest BCUT2D eigenvalue weighted by atomic mass is 28.4. The standard InChI is InChI=1S/C14H23NO3Si/c1-4-11-18-19(16-2,17-3)12-10-15-13-14-8-6-5-7-9-14/h4-9,15H,1,10-13H2,2-3H3. The second-order valence-corrected chi connectivity index (χ2v) is 7.07. The summed E-state index contributed by atoms with van der Waals surface area (Å²) in [4.78, 5) is 0. The highest BCUT2D eigenvalue weighted by molar-refractivity contribution is 6.60. The number of nitrogens with one attached hydrogen (secondary N) is 1. The molecule has 1 aromatic rings. The van der Waals surface area contributed by atoms with Crippen LogP contribution in [0.1, 0.15) is 5.56 Å². The highest BCUT2D eigenvalue weighted by Crippen LogP contribution is 2.13. The topological polar surface area (TPSA) is 39.7 Å². The predicted octanol–water partition coefficient (Wildman–Crippen LogP) is 2.21. The Morgan fingerprint density at radius 1 is 1.21 bits per heavy atom. The van der Waals surface area contributed by atoms with E-state index in [-0.39, 0.29) is 0 Å². The van der Waals surface area contributed by atoms with Crippen LogP contribution in [0.3, 0.4) is 0 Å². The molecule has 0 radical (unpaired) electrons. The van der Waals surface area contributed by atoms with Gasteiger partial charge >= 0.3 is 8.80 Å². The second kappa shape index (κ2) is 9.01. The summed E-state index contributed by atoms with van der Waals surface area (Å²) in [6.07, 6.45) is 1.71. The number of hydrogen-bond acceptors (Lipinski definition) is 4. The minimum absolute atomic E-state index is 0.451. The zero-order valence-electron chi connectivity index (χ0n) is 11.7. The molecule has 4 nitrogen and oxygen atoms in total. The van der Waals surface area contributed by atoms with Gasteiger partial charge in [-0.05, 0) is 12.1 Å². The van der Waals surface area contributed by atoms with Crippen LogP contribution in [0.25, 0.3) is 0 Å². The minimum Gasteiger partial charge on any atom is -0.377 e. The summed E-state index contributed by atoms with van der Waals surface area (Å²) >= 11 is 0. The van der Waals surface area contributed by atoms with E-state index in [2.05, 4.69) is 24.0 Å². The normalized spacial score (nSPS) is 11.5. The molecule has 0 aromatic heterocycles. The van der Waals surface area contributed by atoms with Gasteiger partial charge in [0.25, 0.3) is 0 Å². The van der Waals surface area contributed by atoms with Crippen molar-refractivity contribution in [1.29, 1.82) is 0 Å². The predicted molar refractivity (Wildman–Crippen MR) is 78.9 cm³/mol. The summed E-state index contributed by atoms with van der Waals surface area (Å²) < 4.78 is 16.6. The third kappa shape index (κ3) is 5.67. The van der Waals surface area contributed by atoms with Crippen molar-refractivity contribution in [1.82, 2.24) is 5.32 Å². The van der Waals surface area contributed by atoms with Crippen molar-refractivity contribution in [2.24, 2.45) is 0 Å². The van der Waals surface area contributed by atoms with E-state index in [1.165, 1.54) is 5.56 Å². The Bertz CT molecular complexity index is 355. The zero-order valence-corrected chi connectivity index (χ0v) is 12.7. The molecule has 0 aliphatic heterocycles. The Morgan fingerprint density at radius 2 is 1.89 bits per heavy atom. The summed E-state index contributed by atoms with van der Waals surface area (Å²) in [5.41, 5.74) is 1.26. The SMILES string of the molecule is C=CCO[Si](CCNCc1ccccc1)(OC)OC. The molecule has 0 amide bonds. The molecular weight excluding hydrogens is 258 g/mol. The maximum atomic E-state index is 5.67. The molecule has 0 spiro atoms. The molecule has 0 fully saturated rings. The minimum atomic E-state index is -2.54. The highest BCUT2D eigenvalue weighted by Gasteiger charge is 2.37. The molecule has 5 heteroatoms. The third-order valence-electron chi connectivity index (χ3n) is 2.82. The molecule has 0 heterocycles. The van der Waals surface area contributed by atoms with Gasteiger partial charge < -0.3 is 18.6 Å². The van der Waals surface area contributed by atoms with E-state index < -0.39 is 8.80 Å². The Morgan fingerprint density at radius 3 is 2.47 bits per heavy atom. The van der Waals surface area contributed by atoms with Crippen molar-refractivity contribution < 1.29 is 13.3 Å². The number of hydrogen-bond donors (Lipinski definition) is 1. The quantitative estimate of drug-likeness (QED) is 0.405. The lowest BCUT2D eigenvalue weighted by Crippen LogP contribution is -2.46. The molecule has 0 saturated heterocycles. The summed E-state index contributed by atoms with van der Waals surface area (Å²) in [7, 11) is 0.734. The fraction of sp³-hybridized carbons (Fsp3) is 0.429. The Labute approximate surface area is 116 Å².